The van der Waals surface area contributed by atoms with E-state index in [2.05, 4.69) is 46.4 Å². The van der Waals surface area contributed by atoms with E-state index in [1.165, 1.54) is 12.8 Å². The molecule has 3 aromatic rings. The zero-order valence-electron chi connectivity index (χ0n) is 23.8. The SMILES string of the molecule is [B]c1cc(C#Cc2ccc(OCCCN(CCC)CCC)cc2)ccc1NC(=O)Nc1cc(C(C)(C)C)on1. The molecule has 0 aliphatic heterocycles. The minimum Gasteiger partial charge on any atom is -0.494 e. The number of amides is 2. The quantitative estimate of drug-likeness (QED) is 0.190. The molecule has 2 radical (unpaired) electrons. The molecular weight excluding hydrogens is 487 g/mol. The Kier molecular flexibility index (Phi) is 11.1. The van der Waals surface area contributed by atoms with Crippen LogP contribution in [0, 0.1) is 11.8 Å². The number of ether oxygens (including phenoxy) is 1. The van der Waals surface area contributed by atoms with Crippen LogP contribution >= 0.6 is 0 Å². The van der Waals surface area contributed by atoms with Gasteiger partial charge in [-0.3, -0.25) is 5.32 Å². The molecule has 8 heteroatoms. The van der Waals surface area contributed by atoms with Crippen molar-refractivity contribution in [1.82, 2.24) is 10.1 Å². The van der Waals surface area contributed by atoms with Gasteiger partial charge in [-0.25, -0.2) is 4.79 Å². The van der Waals surface area contributed by atoms with Crippen LogP contribution in [0.4, 0.5) is 16.3 Å². The van der Waals surface area contributed by atoms with E-state index in [0.29, 0.717) is 29.3 Å². The van der Waals surface area contributed by atoms with Gasteiger partial charge in [-0.1, -0.05) is 63.1 Å². The summed E-state index contributed by atoms with van der Waals surface area (Å²) in [6.07, 6.45) is 3.36. The summed E-state index contributed by atoms with van der Waals surface area (Å²) in [6, 6.07) is 14.3. The summed E-state index contributed by atoms with van der Waals surface area (Å²) in [5, 5.41) is 9.28. The van der Waals surface area contributed by atoms with Crippen molar-refractivity contribution in [2.75, 3.05) is 36.9 Å². The van der Waals surface area contributed by atoms with Gasteiger partial charge in [0.15, 0.2) is 5.82 Å². The third kappa shape index (κ3) is 9.84. The first-order valence-electron chi connectivity index (χ1n) is 13.6. The molecule has 2 N–H and O–H groups in total. The lowest BCUT2D eigenvalue weighted by Gasteiger charge is -2.20. The number of anilines is 2. The molecule has 3 rings (SSSR count). The normalized spacial score (nSPS) is 11.1. The highest BCUT2D eigenvalue weighted by Crippen LogP contribution is 2.24. The molecule has 39 heavy (non-hydrogen) atoms. The lowest BCUT2D eigenvalue weighted by molar-refractivity contribution is 0.234. The third-order valence-corrected chi connectivity index (χ3v) is 5.96. The first-order chi connectivity index (χ1) is 18.7. The average Bonchev–Trinajstić information content (AvgIpc) is 3.37. The largest absolute Gasteiger partial charge is 0.494 e. The third-order valence-electron chi connectivity index (χ3n) is 5.96. The van der Waals surface area contributed by atoms with E-state index in [0.717, 1.165) is 42.9 Å². The summed E-state index contributed by atoms with van der Waals surface area (Å²) >= 11 is 0. The second kappa shape index (κ2) is 14.5. The van der Waals surface area contributed by atoms with Gasteiger partial charge in [0.05, 0.1) is 6.61 Å². The lowest BCUT2D eigenvalue weighted by Crippen LogP contribution is -2.27. The minimum atomic E-state index is -0.462. The Bertz CT molecular complexity index is 1260. The van der Waals surface area contributed by atoms with Crippen LogP contribution in [0.25, 0.3) is 0 Å². The molecular formula is C31H39BN4O3. The summed E-state index contributed by atoms with van der Waals surface area (Å²) in [6.45, 7) is 14.5. The zero-order valence-corrected chi connectivity index (χ0v) is 23.8. The molecule has 0 saturated heterocycles. The van der Waals surface area contributed by atoms with Crippen LogP contribution in [-0.4, -0.2) is 50.2 Å². The van der Waals surface area contributed by atoms with Crippen molar-refractivity contribution in [3.63, 3.8) is 0 Å². The van der Waals surface area contributed by atoms with Gasteiger partial charge in [0.2, 0.25) is 0 Å². The fraction of sp³-hybridized carbons (Fsp3) is 0.419. The van der Waals surface area contributed by atoms with Crippen LogP contribution < -0.4 is 20.8 Å². The molecule has 2 aromatic carbocycles. The highest BCUT2D eigenvalue weighted by atomic mass is 16.5. The van der Waals surface area contributed by atoms with Gasteiger partial charge in [0.25, 0.3) is 0 Å². The lowest BCUT2D eigenvalue weighted by atomic mass is 9.92. The number of hydrogen-bond acceptors (Lipinski definition) is 5. The van der Waals surface area contributed by atoms with E-state index in [-0.39, 0.29) is 5.41 Å². The van der Waals surface area contributed by atoms with Crippen LogP contribution in [0.5, 0.6) is 5.75 Å². The van der Waals surface area contributed by atoms with Crippen molar-refractivity contribution >= 4 is 30.8 Å². The Morgan fingerprint density at radius 3 is 2.26 bits per heavy atom. The van der Waals surface area contributed by atoms with E-state index < -0.39 is 6.03 Å². The molecule has 2 amide bonds. The molecule has 0 fully saturated rings. The van der Waals surface area contributed by atoms with Crippen molar-refractivity contribution in [3.05, 3.63) is 65.4 Å². The number of nitrogens with zero attached hydrogens (tertiary/aromatic N) is 2. The van der Waals surface area contributed by atoms with Crippen molar-refractivity contribution in [2.45, 2.75) is 59.3 Å². The van der Waals surface area contributed by atoms with Crippen molar-refractivity contribution < 1.29 is 14.1 Å². The number of benzene rings is 2. The van der Waals surface area contributed by atoms with Crippen molar-refractivity contribution in [3.8, 4) is 17.6 Å². The molecule has 0 atom stereocenters. The van der Waals surface area contributed by atoms with Crippen LogP contribution in [0.1, 0.15) is 70.8 Å². The van der Waals surface area contributed by atoms with E-state index in [1.54, 1.807) is 18.2 Å². The molecule has 204 valence electrons. The first-order valence-corrected chi connectivity index (χ1v) is 13.6. The minimum absolute atomic E-state index is 0.203. The summed E-state index contributed by atoms with van der Waals surface area (Å²) in [7, 11) is 6.16. The van der Waals surface area contributed by atoms with Crippen LogP contribution in [0.15, 0.2) is 53.1 Å². The molecule has 1 heterocycles. The molecule has 1 aromatic heterocycles. The van der Waals surface area contributed by atoms with Gasteiger partial charge in [-0.05, 0) is 68.8 Å². The van der Waals surface area contributed by atoms with Gasteiger partial charge in [0.1, 0.15) is 19.4 Å². The monoisotopic (exact) mass is 526 g/mol. The summed E-state index contributed by atoms with van der Waals surface area (Å²) in [4.78, 5) is 14.9. The Balaban J connectivity index is 1.49. The number of aromatic nitrogens is 1. The number of hydrogen-bond donors (Lipinski definition) is 2. The van der Waals surface area contributed by atoms with Crippen LogP contribution in [0.2, 0.25) is 0 Å². The Hall–Kier alpha value is -3.70. The van der Waals surface area contributed by atoms with E-state index in [1.807, 2.05) is 51.1 Å². The van der Waals surface area contributed by atoms with Crippen molar-refractivity contribution in [2.24, 2.45) is 0 Å². The maximum absolute atomic E-state index is 12.4. The van der Waals surface area contributed by atoms with Crippen LogP contribution in [0.3, 0.4) is 0 Å². The second-order valence-corrected chi connectivity index (χ2v) is 10.5. The first kappa shape index (κ1) is 29.9. The van der Waals surface area contributed by atoms with Gasteiger partial charge < -0.3 is 19.5 Å². The Morgan fingerprint density at radius 1 is 0.974 bits per heavy atom. The predicted molar refractivity (Wildman–Crippen MR) is 159 cm³/mol. The Labute approximate surface area is 234 Å². The molecule has 0 bridgehead atoms. The fourth-order valence-corrected chi connectivity index (χ4v) is 3.94. The summed E-state index contributed by atoms with van der Waals surface area (Å²) in [5.41, 5.74) is 2.31. The summed E-state index contributed by atoms with van der Waals surface area (Å²) < 4.78 is 11.2. The fourth-order valence-electron chi connectivity index (χ4n) is 3.94. The van der Waals surface area contributed by atoms with Crippen LogP contribution in [-0.2, 0) is 5.41 Å². The number of rotatable bonds is 11. The highest BCUT2D eigenvalue weighted by Gasteiger charge is 2.20. The maximum Gasteiger partial charge on any atom is 0.324 e. The standard InChI is InChI=1S/C31H39BN4O3/c1-6-17-36(18-7-2)19-8-20-38-25-14-11-23(12-15-25)9-10-24-13-16-27(26(32)21-24)33-30(37)34-29-22-28(39-35-29)31(3,4)5/h11-16,21-22H,6-8,17-20H2,1-5H3,(H2,33,34,35,37). The molecule has 0 saturated carbocycles. The number of carbonyl (C=O) groups excluding carboxylic acids is 1. The molecule has 0 spiro atoms. The van der Waals surface area contributed by atoms with E-state index in [9.17, 15) is 4.79 Å². The van der Waals surface area contributed by atoms with Gasteiger partial charge >= 0.3 is 6.03 Å². The predicted octanol–water partition coefficient (Wildman–Crippen LogP) is 5.70. The van der Waals surface area contributed by atoms with Gasteiger partial charge in [-0.15, -0.1) is 0 Å². The zero-order chi connectivity index (χ0) is 28.3. The van der Waals surface area contributed by atoms with E-state index >= 15 is 0 Å². The second-order valence-electron chi connectivity index (χ2n) is 10.5. The average molecular weight is 526 g/mol. The number of nitrogens with one attached hydrogen (secondary N) is 2. The van der Waals surface area contributed by atoms with Gasteiger partial charge in [0, 0.05) is 34.8 Å². The van der Waals surface area contributed by atoms with Gasteiger partial charge in [-0.2, -0.15) is 0 Å². The number of carbonyl (C=O) groups is 1. The topological polar surface area (TPSA) is 79.6 Å². The summed E-state index contributed by atoms with van der Waals surface area (Å²) in [5.74, 6) is 8.12. The molecule has 0 aliphatic rings. The molecule has 0 unspecified atom stereocenters. The van der Waals surface area contributed by atoms with E-state index in [4.69, 9.17) is 17.1 Å². The maximum atomic E-state index is 12.4. The number of urea groups is 1. The molecule has 0 aliphatic carbocycles. The molecule has 7 nitrogen and oxygen atoms in total. The smallest absolute Gasteiger partial charge is 0.324 e. The Morgan fingerprint density at radius 2 is 1.64 bits per heavy atom. The highest BCUT2D eigenvalue weighted by molar-refractivity contribution is 6.36. The van der Waals surface area contributed by atoms with Crippen molar-refractivity contribution in [1.29, 1.82) is 0 Å².